The minimum absolute atomic E-state index is 0.161. The summed E-state index contributed by atoms with van der Waals surface area (Å²) in [6.07, 6.45) is 0. The summed E-state index contributed by atoms with van der Waals surface area (Å²) in [5.74, 6) is -0.199. The quantitative estimate of drug-likeness (QED) is 0.430. The van der Waals surface area contributed by atoms with E-state index in [2.05, 4.69) is 4.18 Å². The van der Waals surface area contributed by atoms with E-state index in [-0.39, 0.29) is 10.6 Å². The third kappa shape index (κ3) is 3.35. The molecule has 0 aromatic heterocycles. The van der Waals surface area contributed by atoms with Crippen LogP contribution in [0.3, 0.4) is 0 Å². The maximum atomic E-state index is 12.2. The Kier molecular flexibility index (Phi) is 5.00. The van der Waals surface area contributed by atoms with Crippen LogP contribution in [0.5, 0.6) is 11.5 Å². The van der Waals surface area contributed by atoms with Gasteiger partial charge in [0.05, 0.1) is 7.11 Å². The van der Waals surface area contributed by atoms with Gasteiger partial charge in [0.1, 0.15) is 10.6 Å². The van der Waals surface area contributed by atoms with E-state index < -0.39 is 21.4 Å². The molecule has 0 N–H and O–H groups in total. The lowest BCUT2D eigenvalue weighted by Gasteiger charge is -2.13. The van der Waals surface area contributed by atoms with Crippen LogP contribution in [0.2, 0.25) is 0 Å². The lowest BCUT2D eigenvalue weighted by Crippen LogP contribution is -2.28. The minimum atomic E-state index is -5.68. The molecule has 0 amide bonds. The Morgan fingerprint density at radius 2 is 1.83 bits per heavy atom. The van der Waals surface area contributed by atoms with Gasteiger partial charge < -0.3 is 8.92 Å². The summed E-state index contributed by atoms with van der Waals surface area (Å²) in [6, 6.07) is 3.93. The van der Waals surface area contributed by atoms with Gasteiger partial charge >= 0.3 is 15.6 Å². The van der Waals surface area contributed by atoms with Crippen LogP contribution in [-0.2, 0) is 10.1 Å². The number of rotatable bonds is 4. The van der Waals surface area contributed by atoms with Crippen molar-refractivity contribution in [2.75, 3.05) is 7.11 Å². The molecular weight excluding hydrogens is 408 g/mol. The summed E-state index contributed by atoms with van der Waals surface area (Å²) in [4.78, 5) is 0.161. The highest BCUT2D eigenvalue weighted by Gasteiger charge is 2.48. The SMILES string of the molecule is COc1cccc(OS(=O)(=O)C(F)(F)F)c1SI. The first-order chi connectivity index (χ1) is 8.23. The molecule has 1 aromatic carbocycles. The van der Waals surface area contributed by atoms with Gasteiger partial charge in [-0.15, -0.1) is 0 Å². The van der Waals surface area contributed by atoms with Gasteiger partial charge in [0.2, 0.25) is 0 Å². The molecule has 0 aliphatic rings. The normalized spacial score (nSPS) is 12.3. The van der Waals surface area contributed by atoms with Gasteiger partial charge in [0, 0.05) is 21.2 Å². The molecule has 1 rings (SSSR count). The summed E-state index contributed by atoms with van der Waals surface area (Å²) >= 11 is 1.78. The van der Waals surface area contributed by atoms with E-state index in [1.165, 1.54) is 19.2 Å². The zero-order valence-corrected chi connectivity index (χ0v) is 12.5. The van der Waals surface area contributed by atoms with Crippen LogP contribution in [0, 0.1) is 0 Å². The highest BCUT2D eigenvalue weighted by Crippen LogP contribution is 2.42. The van der Waals surface area contributed by atoms with Gasteiger partial charge in [0.25, 0.3) is 0 Å². The molecule has 18 heavy (non-hydrogen) atoms. The van der Waals surface area contributed by atoms with E-state index >= 15 is 0 Å². The number of alkyl halides is 3. The van der Waals surface area contributed by atoms with Gasteiger partial charge in [-0.3, -0.25) is 0 Å². The molecule has 0 aliphatic carbocycles. The predicted molar refractivity (Wildman–Crippen MR) is 68.5 cm³/mol. The zero-order valence-electron chi connectivity index (χ0n) is 8.69. The van der Waals surface area contributed by atoms with E-state index in [9.17, 15) is 21.6 Å². The van der Waals surface area contributed by atoms with Crippen LogP contribution in [0.15, 0.2) is 23.1 Å². The fourth-order valence-electron chi connectivity index (χ4n) is 0.964. The first-order valence-corrected chi connectivity index (χ1v) is 8.96. The lowest BCUT2D eigenvalue weighted by molar-refractivity contribution is -0.0500. The van der Waals surface area contributed by atoms with E-state index in [4.69, 9.17) is 4.74 Å². The molecule has 0 bridgehead atoms. The van der Waals surface area contributed by atoms with E-state index in [0.717, 1.165) is 15.0 Å². The third-order valence-corrected chi connectivity index (χ3v) is 4.57. The van der Waals surface area contributed by atoms with Crippen LogP contribution in [-0.4, -0.2) is 21.0 Å². The molecule has 1 aromatic rings. The molecule has 0 saturated carbocycles. The number of hydrogen-bond acceptors (Lipinski definition) is 5. The summed E-state index contributed by atoms with van der Waals surface area (Å²) in [5.41, 5.74) is -5.47. The van der Waals surface area contributed by atoms with Gasteiger partial charge in [-0.05, 0) is 21.1 Å². The van der Waals surface area contributed by atoms with Crippen molar-refractivity contribution in [3.63, 3.8) is 0 Å². The Bertz CT molecular complexity index is 530. The van der Waals surface area contributed by atoms with Crippen molar-refractivity contribution in [3.8, 4) is 11.5 Å². The molecule has 10 heteroatoms. The standard InChI is InChI=1S/C8H6F3IO4S2/c1-15-5-3-2-4-6(7(5)17-12)16-18(13,14)8(9,10)11/h2-4H,1H3. The zero-order chi connectivity index (χ0) is 14.0. The maximum absolute atomic E-state index is 12.2. The van der Waals surface area contributed by atoms with Gasteiger partial charge in [-0.2, -0.15) is 21.6 Å². The largest absolute Gasteiger partial charge is 0.534 e. The van der Waals surface area contributed by atoms with Crippen LogP contribution >= 0.6 is 30.1 Å². The Morgan fingerprint density at radius 1 is 1.28 bits per heavy atom. The molecule has 0 radical (unpaired) electrons. The number of hydrogen-bond donors (Lipinski definition) is 0. The molecule has 0 unspecified atom stereocenters. The second-order valence-corrected chi connectivity index (χ2v) is 6.27. The molecule has 4 nitrogen and oxygen atoms in total. The molecule has 102 valence electrons. The summed E-state index contributed by atoms with van der Waals surface area (Å²) in [5, 5.41) is 0. The third-order valence-electron chi connectivity index (χ3n) is 1.72. The lowest BCUT2D eigenvalue weighted by atomic mass is 10.3. The van der Waals surface area contributed by atoms with Crippen LogP contribution in [0.1, 0.15) is 0 Å². The minimum Gasteiger partial charge on any atom is -0.495 e. The molecule has 0 saturated heterocycles. The molecule has 0 spiro atoms. The Hall–Kier alpha value is -0.360. The first-order valence-electron chi connectivity index (χ1n) is 4.19. The molecular formula is C8H6F3IO4S2. The number of halogens is 4. The van der Waals surface area contributed by atoms with Crippen LogP contribution in [0.4, 0.5) is 13.2 Å². The average Bonchev–Trinajstić information content (AvgIpc) is 2.26. The van der Waals surface area contributed by atoms with E-state index in [0.29, 0.717) is 0 Å². The van der Waals surface area contributed by atoms with Crippen molar-refractivity contribution in [3.05, 3.63) is 18.2 Å². The van der Waals surface area contributed by atoms with Gasteiger partial charge in [0.15, 0.2) is 5.75 Å². The van der Waals surface area contributed by atoms with Gasteiger partial charge in [-0.25, -0.2) is 0 Å². The van der Waals surface area contributed by atoms with Crippen molar-refractivity contribution >= 4 is 40.3 Å². The Balaban J connectivity index is 3.21. The van der Waals surface area contributed by atoms with Crippen molar-refractivity contribution in [1.29, 1.82) is 0 Å². The van der Waals surface area contributed by atoms with E-state index in [1.807, 2.05) is 0 Å². The van der Waals surface area contributed by atoms with Crippen LogP contribution in [0.25, 0.3) is 0 Å². The summed E-state index contributed by atoms with van der Waals surface area (Å²) < 4.78 is 67.3. The highest BCUT2D eigenvalue weighted by atomic mass is 127. The number of methoxy groups -OCH3 is 1. The molecule has 0 fully saturated rings. The molecule has 0 aliphatic heterocycles. The fourth-order valence-corrected chi connectivity index (χ4v) is 3.20. The predicted octanol–water partition coefficient (Wildman–Crippen LogP) is 3.37. The monoisotopic (exact) mass is 414 g/mol. The second kappa shape index (κ2) is 5.74. The topological polar surface area (TPSA) is 52.6 Å². The summed E-state index contributed by atoms with van der Waals surface area (Å²) in [7, 11) is -3.38. The maximum Gasteiger partial charge on any atom is 0.534 e. The van der Waals surface area contributed by atoms with Crippen molar-refractivity contribution in [2.45, 2.75) is 10.4 Å². The average molecular weight is 414 g/mol. The summed E-state index contributed by atoms with van der Waals surface area (Å²) in [6.45, 7) is 0. The first kappa shape index (κ1) is 15.7. The molecule has 0 atom stereocenters. The van der Waals surface area contributed by atoms with Gasteiger partial charge in [-0.1, -0.05) is 6.07 Å². The second-order valence-electron chi connectivity index (χ2n) is 2.85. The van der Waals surface area contributed by atoms with Crippen molar-refractivity contribution < 1.29 is 30.5 Å². The Labute approximate surface area is 118 Å². The van der Waals surface area contributed by atoms with Crippen molar-refractivity contribution in [2.24, 2.45) is 0 Å². The fraction of sp³-hybridized carbons (Fsp3) is 0.250. The highest BCUT2D eigenvalue weighted by molar-refractivity contribution is 14.2. The number of ether oxygens (including phenoxy) is 1. The van der Waals surface area contributed by atoms with Crippen LogP contribution < -0.4 is 8.92 Å². The number of benzene rings is 1. The van der Waals surface area contributed by atoms with Crippen molar-refractivity contribution in [1.82, 2.24) is 0 Å². The molecule has 0 heterocycles. The smallest absolute Gasteiger partial charge is 0.495 e. The Morgan fingerprint density at radius 3 is 2.28 bits per heavy atom. The van der Waals surface area contributed by atoms with E-state index in [1.54, 1.807) is 21.2 Å².